The quantitative estimate of drug-likeness (QED) is 0.710. The Hall–Kier alpha value is -0.500. The van der Waals surface area contributed by atoms with Crippen molar-refractivity contribution in [3.05, 3.63) is 17.2 Å². The minimum atomic E-state index is 0.605. The Morgan fingerprint density at radius 2 is 2.25 bits per heavy atom. The third-order valence-electron chi connectivity index (χ3n) is 1.82. The number of hydrogen-bond acceptors (Lipinski definition) is 1. The van der Waals surface area contributed by atoms with Crippen molar-refractivity contribution >= 4 is 11.6 Å². The Morgan fingerprint density at radius 1 is 1.58 bits per heavy atom. The minimum absolute atomic E-state index is 0.605. The van der Waals surface area contributed by atoms with Gasteiger partial charge < -0.3 is 4.57 Å². The summed E-state index contributed by atoms with van der Waals surface area (Å²) in [4.78, 5) is 4.07. The van der Waals surface area contributed by atoms with Gasteiger partial charge in [0.2, 0.25) is 5.28 Å². The van der Waals surface area contributed by atoms with Crippen LogP contribution in [0.15, 0.2) is 6.20 Å². The molecule has 0 aliphatic rings. The molecule has 68 valence electrons. The summed E-state index contributed by atoms with van der Waals surface area (Å²) in [5.41, 5.74) is 1.23. The van der Waals surface area contributed by atoms with E-state index in [0.29, 0.717) is 11.2 Å². The third-order valence-corrected chi connectivity index (χ3v) is 2.12. The third kappa shape index (κ3) is 2.01. The maximum atomic E-state index is 5.88. The number of rotatable bonds is 3. The van der Waals surface area contributed by atoms with Crippen LogP contribution >= 0.6 is 11.6 Å². The van der Waals surface area contributed by atoms with Crippen LogP contribution in [0, 0.1) is 5.92 Å². The van der Waals surface area contributed by atoms with E-state index in [4.69, 9.17) is 11.6 Å². The number of nitrogens with zero attached hydrogens (tertiary/aromatic N) is 2. The van der Waals surface area contributed by atoms with Crippen molar-refractivity contribution in [3.63, 3.8) is 0 Å². The lowest BCUT2D eigenvalue weighted by atomic mass is 10.1. The molecule has 0 bridgehead atoms. The molecule has 0 radical (unpaired) electrons. The second-order valence-corrected chi connectivity index (χ2v) is 3.70. The van der Waals surface area contributed by atoms with Crippen LogP contribution < -0.4 is 0 Å². The average molecular weight is 187 g/mol. The van der Waals surface area contributed by atoms with Crippen LogP contribution in [0.3, 0.4) is 0 Å². The van der Waals surface area contributed by atoms with Gasteiger partial charge in [0.25, 0.3) is 0 Å². The summed E-state index contributed by atoms with van der Waals surface area (Å²) in [5, 5.41) is 0.605. The first-order valence-corrected chi connectivity index (χ1v) is 4.72. The van der Waals surface area contributed by atoms with E-state index >= 15 is 0 Å². The molecule has 1 aromatic heterocycles. The fraction of sp³-hybridized carbons (Fsp3) is 0.667. The Kier molecular flexibility index (Phi) is 3.15. The Morgan fingerprint density at radius 3 is 2.75 bits per heavy atom. The predicted molar refractivity (Wildman–Crippen MR) is 51.5 cm³/mol. The van der Waals surface area contributed by atoms with Gasteiger partial charge in [0, 0.05) is 18.4 Å². The highest BCUT2D eigenvalue weighted by Crippen LogP contribution is 2.14. The van der Waals surface area contributed by atoms with Gasteiger partial charge >= 0.3 is 0 Å². The zero-order valence-electron chi connectivity index (χ0n) is 7.84. The molecule has 0 N–H and O–H groups in total. The maximum Gasteiger partial charge on any atom is 0.202 e. The summed E-state index contributed by atoms with van der Waals surface area (Å²) < 4.78 is 2.04. The monoisotopic (exact) mass is 186 g/mol. The molecule has 0 aliphatic carbocycles. The number of aromatic nitrogens is 2. The first kappa shape index (κ1) is 9.59. The van der Waals surface area contributed by atoms with Crippen LogP contribution in [0.4, 0.5) is 0 Å². The predicted octanol–water partition coefficient (Wildman–Crippen LogP) is 2.75. The van der Waals surface area contributed by atoms with E-state index in [2.05, 4.69) is 25.8 Å². The lowest BCUT2D eigenvalue weighted by Crippen LogP contribution is -2.03. The Labute approximate surface area is 78.6 Å². The van der Waals surface area contributed by atoms with Gasteiger partial charge in [0.1, 0.15) is 0 Å². The smallest absolute Gasteiger partial charge is 0.202 e. The molecular formula is C9H15ClN2. The van der Waals surface area contributed by atoms with Gasteiger partial charge in [-0.05, 0) is 30.9 Å². The first-order chi connectivity index (χ1) is 5.65. The molecule has 3 heteroatoms. The molecule has 0 fully saturated rings. The molecule has 0 aromatic carbocycles. The first-order valence-electron chi connectivity index (χ1n) is 4.35. The lowest BCUT2D eigenvalue weighted by Gasteiger charge is -2.07. The van der Waals surface area contributed by atoms with Gasteiger partial charge in [-0.25, -0.2) is 4.98 Å². The highest BCUT2D eigenvalue weighted by Gasteiger charge is 2.07. The van der Waals surface area contributed by atoms with Crippen LogP contribution in [0.25, 0.3) is 0 Å². The summed E-state index contributed by atoms with van der Waals surface area (Å²) in [7, 11) is 0. The topological polar surface area (TPSA) is 17.8 Å². The van der Waals surface area contributed by atoms with Crippen molar-refractivity contribution in [1.82, 2.24) is 9.55 Å². The molecule has 2 nitrogen and oxygen atoms in total. The van der Waals surface area contributed by atoms with Crippen molar-refractivity contribution in [2.45, 2.75) is 33.7 Å². The zero-order chi connectivity index (χ0) is 9.14. The van der Waals surface area contributed by atoms with Gasteiger partial charge in [-0.3, -0.25) is 0 Å². The fourth-order valence-corrected chi connectivity index (χ4v) is 1.58. The summed E-state index contributed by atoms with van der Waals surface area (Å²) in [6, 6.07) is 0. The molecule has 1 heterocycles. The van der Waals surface area contributed by atoms with Crippen LogP contribution in [0.1, 0.15) is 26.5 Å². The second-order valence-electron chi connectivity index (χ2n) is 3.36. The van der Waals surface area contributed by atoms with Crippen molar-refractivity contribution in [2.75, 3.05) is 0 Å². The molecule has 0 aliphatic heterocycles. The average Bonchev–Trinajstić information content (AvgIpc) is 2.30. The molecular weight excluding hydrogens is 172 g/mol. The fourth-order valence-electron chi connectivity index (χ4n) is 1.30. The van der Waals surface area contributed by atoms with Crippen LogP contribution in [-0.4, -0.2) is 9.55 Å². The summed E-state index contributed by atoms with van der Waals surface area (Å²) in [5.74, 6) is 0.656. The van der Waals surface area contributed by atoms with E-state index in [1.807, 2.05) is 10.8 Å². The van der Waals surface area contributed by atoms with Crippen molar-refractivity contribution < 1.29 is 0 Å². The van der Waals surface area contributed by atoms with Crippen LogP contribution in [-0.2, 0) is 13.0 Å². The normalized spacial score (nSPS) is 11.1. The van der Waals surface area contributed by atoms with E-state index < -0.39 is 0 Å². The van der Waals surface area contributed by atoms with E-state index in [9.17, 15) is 0 Å². The van der Waals surface area contributed by atoms with E-state index in [-0.39, 0.29) is 0 Å². The molecule has 0 spiro atoms. The van der Waals surface area contributed by atoms with Gasteiger partial charge in [-0.2, -0.15) is 0 Å². The number of imidazole rings is 1. The molecule has 12 heavy (non-hydrogen) atoms. The van der Waals surface area contributed by atoms with Crippen molar-refractivity contribution in [1.29, 1.82) is 0 Å². The Bertz CT molecular complexity index is 253. The molecule has 1 rings (SSSR count). The molecule has 1 aromatic rings. The molecule has 0 saturated heterocycles. The molecule has 0 unspecified atom stereocenters. The zero-order valence-corrected chi connectivity index (χ0v) is 8.60. The van der Waals surface area contributed by atoms with E-state index in [1.54, 1.807) is 0 Å². The van der Waals surface area contributed by atoms with E-state index in [0.717, 1.165) is 13.0 Å². The molecule has 0 amide bonds. The molecule has 0 atom stereocenters. The second kappa shape index (κ2) is 3.94. The summed E-state index contributed by atoms with van der Waals surface area (Å²) >= 11 is 5.88. The van der Waals surface area contributed by atoms with Crippen LogP contribution in [0.2, 0.25) is 5.28 Å². The molecule has 0 saturated carbocycles. The minimum Gasteiger partial charge on any atom is -0.319 e. The van der Waals surface area contributed by atoms with Gasteiger partial charge in [-0.1, -0.05) is 13.8 Å². The highest BCUT2D eigenvalue weighted by atomic mass is 35.5. The number of hydrogen-bond donors (Lipinski definition) is 0. The summed E-state index contributed by atoms with van der Waals surface area (Å²) in [6.07, 6.45) is 2.92. The van der Waals surface area contributed by atoms with Crippen molar-refractivity contribution in [3.8, 4) is 0 Å². The van der Waals surface area contributed by atoms with Crippen LogP contribution in [0.5, 0.6) is 0 Å². The SMILES string of the molecule is CCn1c(CC(C)C)cnc1Cl. The van der Waals surface area contributed by atoms with Crippen molar-refractivity contribution in [2.24, 2.45) is 5.92 Å². The Balaban J connectivity index is 2.84. The maximum absolute atomic E-state index is 5.88. The van der Waals surface area contributed by atoms with Gasteiger partial charge in [0.05, 0.1) is 0 Å². The summed E-state index contributed by atoms with van der Waals surface area (Å²) in [6.45, 7) is 7.38. The van der Waals surface area contributed by atoms with Gasteiger partial charge in [0.15, 0.2) is 0 Å². The van der Waals surface area contributed by atoms with Gasteiger partial charge in [-0.15, -0.1) is 0 Å². The lowest BCUT2D eigenvalue weighted by molar-refractivity contribution is 0.598. The largest absolute Gasteiger partial charge is 0.319 e. The number of halogens is 1. The standard InChI is InChI=1S/C9H15ClN2/c1-4-12-8(5-7(2)3)6-11-9(12)10/h6-7H,4-5H2,1-3H3. The highest BCUT2D eigenvalue weighted by molar-refractivity contribution is 6.28. The van der Waals surface area contributed by atoms with E-state index in [1.165, 1.54) is 5.69 Å².